The molecule has 0 aliphatic rings. The number of hydrogen-bond acceptors (Lipinski definition) is 5. The lowest BCUT2D eigenvalue weighted by Crippen LogP contribution is -2.30. The van der Waals surface area contributed by atoms with E-state index < -0.39 is 28.1 Å². The second-order valence-electron chi connectivity index (χ2n) is 7.64. The second-order valence-corrected chi connectivity index (χ2v) is 9.35. The molecule has 1 unspecified atom stereocenters. The summed E-state index contributed by atoms with van der Waals surface area (Å²) in [6, 6.07) is 24.3. The van der Waals surface area contributed by atoms with Crippen molar-refractivity contribution in [2.75, 3.05) is 0 Å². The zero-order valence-electron chi connectivity index (χ0n) is 18.2. The highest BCUT2D eigenvalue weighted by atomic mass is 32.2. The molecule has 1 aromatic heterocycles. The van der Waals surface area contributed by atoms with Crippen molar-refractivity contribution in [3.8, 4) is 0 Å². The van der Waals surface area contributed by atoms with Gasteiger partial charge in [-0.3, -0.25) is 0 Å². The SMILES string of the molecule is O=S(=O)(NC(Cc1ccccc1)c1ccccc1)c1cccc(C=Cc2noc(C(F)(F)F)n2)c1. The Morgan fingerprint density at radius 1 is 0.914 bits per heavy atom. The molecule has 4 rings (SSSR count). The average molecular weight is 500 g/mol. The number of alkyl halides is 3. The Morgan fingerprint density at radius 3 is 2.26 bits per heavy atom. The molecule has 0 aliphatic carbocycles. The summed E-state index contributed by atoms with van der Waals surface area (Å²) in [7, 11) is -3.93. The van der Waals surface area contributed by atoms with Gasteiger partial charge in [-0.05, 0) is 41.3 Å². The van der Waals surface area contributed by atoms with Crippen molar-refractivity contribution < 1.29 is 26.1 Å². The summed E-state index contributed by atoms with van der Waals surface area (Å²) in [5, 5.41) is 3.26. The first-order chi connectivity index (χ1) is 16.7. The van der Waals surface area contributed by atoms with Crippen LogP contribution in [0.1, 0.15) is 34.4 Å². The maximum absolute atomic E-state index is 13.2. The van der Waals surface area contributed by atoms with Crippen LogP contribution in [0.2, 0.25) is 0 Å². The number of hydrogen-bond donors (Lipinski definition) is 1. The van der Waals surface area contributed by atoms with Crippen LogP contribution in [0.4, 0.5) is 13.2 Å². The van der Waals surface area contributed by atoms with Crippen LogP contribution in [-0.4, -0.2) is 18.6 Å². The molecule has 0 saturated heterocycles. The maximum Gasteiger partial charge on any atom is 0.471 e. The van der Waals surface area contributed by atoms with Gasteiger partial charge in [0.05, 0.1) is 10.9 Å². The lowest BCUT2D eigenvalue weighted by atomic mass is 10.00. The third-order valence-electron chi connectivity index (χ3n) is 5.06. The van der Waals surface area contributed by atoms with Crippen LogP contribution in [0.3, 0.4) is 0 Å². The van der Waals surface area contributed by atoms with Crippen molar-refractivity contribution >= 4 is 22.2 Å². The minimum absolute atomic E-state index is 0.0118. The first kappa shape index (κ1) is 24.4. The number of aromatic nitrogens is 2. The van der Waals surface area contributed by atoms with Gasteiger partial charge >= 0.3 is 12.1 Å². The summed E-state index contributed by atoms with van der Waals surface area (Å²) >= 11 is 0. The van der Waals surface area contributed by atoms with E-state index >= 15 is 0 Å². The Bertz CT molecular complexity index is 1400. The van der Waals surface area contributed by atoms with Crippen molar-refractivity contribution in [3.05, 3.63) is 113 Å². The predicted molar refractivity (Wildman–Crippen MR) is 124 cm³/mol. The van der Waals surface area contributed by atoms with Gasteiger partial charge in [0, 0.05) is 0 Å². The van der Waals surface area contributed by atoms with E-state index in [-0.39, 0.29) is 10.7 Å². The number of nitrogens with one attached hydrogen (secondary N) is 1. The Balaban J connectivity index is 1.56. The van der Waals surface area contributed by atoms with Crippen molar-refractivity contribution in [1.29, 1.82) is 0 Å². The molecule has 180 valence electrons. The number of sulfonamides is 1. The molecule has 1 atom stereocenters. The van der Waals surface area contributed by atoms with Crippen LogP contribution in [0, 0.1) is 0 Å². The van der Waals surface area contributed by atoms with Crippen molar-refractivity contribution in [1.82, 2.24) is 14.9 Å². The first-order valence-corrected chi connectivity index (χ1v) is 12.0. The van der Waals surface area contributed by atoms with Crippen LogP contribution < -0.4 is 4.72 Å². The Kier molecular flexibility index (Phi) is 7.13. The van der Waals surface area contributed by atoms with Gasteiger partial charge in [-0.1, -0.05) is 84.0 Å². The molecule has 0 saturated carbocycles. The topological polar surface area (TPSA) is 85.1 Å². The Hall–Kier alpha value is -3.76. The van der Waals surface area contributed by atoms with Gasteiger partial charge in [0.15, 0.2) is 5.82 Å². The second kappa shape index (κ2) is 10.2. The molecule has 4 aromatic rings. The molecule has 0 radical (unpaired) electrons. The average Bonchev–Trinajstić information content (AvgIpc) is 3.34. The Morgan fingerprint density at radius 2 is 1.60 bits per heavy atom. The number of nitrogens with zero attached hydrogens (tertiary/aromatic N) is 2. The quantitative estimate of drug-likeness (QED) is 0.345. The smallest absolute Gasteiger partial charge is 0.329 e. The highest BCUT2D eigenvalue weighted by Gasteiger charge is 2.38. The molecule has 0 bridgehead atoms. The van der Waals surface area contributed by atoms with Gasteiger partial charge in [-0.2, -0.15) is 18.2 Å². The maximum atomic E-state index is 13.2. The standard InChI is InChI=1S/C25H20F3N3O3S/c26-25(27,28)24-29-23(30-34-24)15-14-19-10-7-13-21(16-19)35(32,33)31-22(20-11-5-2-6-12-20)17-18-8-3-1-4-9-18/h1-16,22,31H,17H2. The summed E-state index contributed by atoms with van der Waals surface area (Å²) in [6.45, 7) is 0. The van der Waals surface area contributed by atoms with Gasteiger partial charge < -0.3 is 4.52 Å². The van der Waals surface area contributed by atoms with Crippen LogP contribution >= 0.6 is 0 Å². The molecule has 6 nitrogen and oxygen atoms in total. The third-order valence-corrected chi connectivity index (χ3v) is 6.53. The molecule has 10 heteroatoms. The van der Waals surface area contributed by atoms with E-state index in [1.165, 1.54) is 24.3 Å². The molecular formula is C25H20F3N3O3S. The van der Waals surface area contributed by atoms with E-state index in [0.717, 1.165) is 11.1 Å². The fourth-order valence-corrected chi connectivity index (χ4v) is 4.67. The zero-order valence-corrected chi connectivity index (χ0v) is 19.0. The monoisotopic (exact) mass is 499 g/mol. The third kappa shape index (κ3) is 6.43. The molecule has 0 fully saturated rings. The summed E-state index contributed by atoms with van der Waals surface area (Å²) in [5.41, 5.74) is 2.22. The van der Waals surface area contributed by atoms with Crippen molar-refractivity contribution in [3.63, 3.8) is 0 Å². The number of rotatable bonds is 8. The number of halogens is 3. The first-order valence-electron chi connectivity index (χ1n) is 10.5. The van der Waals surface area contributed by atoms with Gasteiger partial charge in [0.1, 0.15) is 0 Å². The van der Waals surface area contributed by atoms with Gasteiger partial charge in [-0.25, -0.2) is 13.1 Å². The minimum atomic E-state index is -4.74. The van der Waals surface area contributed by atoms with Crippen LogP contribution in [-0.2, 0) is 22.6 Å². The molecule has 0 aliphatic heterocycles. The molecule has 35 heavy (non-hydrogen) atoms. The fraction of sp³-hybridized carbons (Fsp3) is 0.120. The van der Waals surface area contributed by atoms with Gasteiger partial charge in [0.25, 0.3) is 0 Å². The predicted octanol–water partition coefficient (Wildman–Crippen LogP) is 5.52. The molecule has 0 spiro atoms. The normalized spacial score (nSPS) is 13.2. The minimum Gasteiger partial charge on any atom is -0.329 e. The van der Waals surface area contributed by atoms with Crippen LogP contribution in [0.25, 0.3) is 12.2 Å². The van der Waals surface area contributed by atoms with E-state index in [2.05, 4.69) is 19.4 Å². The van der Waals surface area contributed by atoms with E-state index in [9.17, 15) is 21.6 Å². The van der Waals surface area contributed by atoms with E-state index in [1.807, 2.05) is 60.7 Å². The fourth-order valence-electron chi connectivity index (χ4n) is 3.39. The van der Waals surface area contributed by atoms with Crippen molar-refractivity contribution in [2.24, 2.45) is 0 Å². The summed E-state index contributed by atoms with van der Waals surface area (Å²) < 4.78 is 71.3. The molecule has 3 aromatic carbocycles. The van der Waals surface area contributed by atoms with Crippen molar-refractivity contribution in [2.45, 2.75) is 23.5 Å². The highest BCUT2D eigenvalue weighted by Crippen LogP contribution is 2.27. The van der Waals surface area contributed by atoms with Crippen LogP contribution in [0.5, 0.6) is 0 Å². The van der Waals surface area contributed by atoms with E-state index in [4.69, 9.17) is 0 Å². The van der Waals surface area contributed by atoms with E-state index in [1.54, 1.807) is 12.1 Å². The molecule has 1 heterocycles. The number of benzene rings is 3. The molecular weight excluding hydrogens is 479 g/mol. The van der Waals surface area contributed by atoms with Gasteiger partial charge in [-0.15, -0.1) is 0 Å². The largest absolute Gasteiger partial charge is 0.471 e. The Labute approximate surface area is 200 Å². The lowest BCUT2D eigenvalue weighted by molar-refractivity contribution is -0.159. The summed E-state index contributed by atoms with van der Waals surface area (Å²) in [6.07, 6.45) is -1.68. The summed E-state index contributed by atoms with van der Waals surface area (Å²) in [5.74, 6) is -1.74. The highest BCUT2D eigenvalue weighted by molar-refractivity contribution is 7.89. The zero-order chi connectivity index (χ0) is 24.9. The van der Waals surface area contributed by atoms with Crippen LogP contribution in [0.15, 0.2) is 94.3 Å². The summed E-state index contributed by atoms with van der Waals surface area (Å²) in [4.78, 5) is 3.27. The lowest BCUT2D eigenvalue weighted by Gasteiger charge is -2.20. The molecule has 1 N–H and O–H groups in total. The van der Waals surface area contributed by atoms with E-state index in [0.29, 0.717) is 12.0 Å². The molecule has 0 amide bonds. The van der Waals surface area contributed by atoms with Gasteiger partial charge in [0.2, 0.25) is 10.0 Å².